The zero-order valence-corrected chi connectivity index (χ0v) is 12.9. The van der Waals surface area contributed by atoms with Crippen molar-refractivity contribution in [1.82, 2.24) is 0 Å². The standard InChI is InChI=1S/C15H23BrO/c1-5-15(3,4)13-6-8-14(9-7-13)17-11-12(2)10-16/h6-9,12H,5,10-11H2,1-4H3. The summed E-state index contributed by atoms with van der Waals surface area (Å²) in [7, 11) is 0. The summed E-state index contributed by atoms with van der Waals surface area (Å²) in [4.78, 5) is 0. The molecule has 1 rings (SSSR count). The molecule has 0 N–H and O–H groups in total. The van der Waals surface area contributed by atoms with E-state index in [4.69, 9.17) is 4.74 Å². The van der Waals surface area contributed by atoms with Gasteiger partial charge in [-0.2, -0.15) is 0 Å². The Balaban J connectivity index is 2.62. The van der Waals surface area contributed by atoms with Crippen molar-refractivity contribution in [3.8, 4) is 5.75 Å². The molecule has 0 radical (unpaired) electrons. The maximum absolute atomic E-state index is 5.73. The first kappa shape index (κ1) is 14.6. The second-order valence-electron chi connectivity index (χ2n) is 5.33. The third-order valence-corrected chi connectivity index (χ3v) is 4.42. The lowest BCUT2D eigenvalue weighted by Gasteiger charge is -2.23. The summed E-state index contributed by atoms with van der Waals surface area (Å²) in [5.74, 6) is 1.51. The molecule has 0 heterocycles. The van der Waals surface area contributed by atoms with Crippen molar-refractivity contribution in [2.24, 2.45) is 5.92 Å². The maximum Gasteiger partial charge on any atom is 0.119 e. The molecule has 0 amide bonds. The smallest absolute Gasteiger partial charge is 0.119 e. The van der Waals surface area contributed by atoms with Crippen molar-refractivity contribution in [3.05, 3.63) is 29.8 Å². The minimum atomic E-state index is 0.252. The van der Waals surface area contributed by atoms with Crippen molar-refractivity contribution in [2.75, 3.05) is 11.9 Å². The van der Waals surface area contributed by atoms with E-state index >= 15 is 0 Å². The van der Waals surface area contributed by atoms with Gasteiger partial charge in [0.2, 0.25) is 0 Å². The van der Waals surface area contributed by atoms with Crippen LogP contribution in [0.25, 0.3) is 0 Å². The van der Waals surface area contributed by atoms with E-state index in [1.165, 1.54) is 5.56 Å². The zero-order valence-electron chi connectivity index (χ0n) is 11.3. The van der Waals surface area contributed by atoms with Crippen LogP contribution >= 0.6 is 15.9 Å². The third kappa shape index (κ3) is 4.34. The van der Waals surface area contributed by atoms with Gasteiger partial charge in [-0.05, 0) is 35.4 Å². The lowest BCUT2D eigenvalue weighted by atomic mass is 9.82. The molecule has 0 saturated carbocycles. The number of halogens is 1. The lowest BCUT2D eigenvalue weighted by Crippen LogP contribution is -2.15. The van der Waals surface area contributed by atoms with Crippen molar-refractivity contribution < 1.29 is 4.74 Å². The normalized spacial score (nSPS) is 13.5. The van der Waals surface area contributed by atoms with Crippen LogP contribution in [0.15, 0.2) is 24.3 Å². The van der Waals surface area contributed by atoms with Crippen LogP contribution in [0.1, 0.15) is 39.7 Å². The van der Waals surface area contributed by atoms with E-state index < -0.39 is 0 Å². The predicted octanol–water partition coefficient (Wildman–Crippen LogP) is 4.78. The molecule has 0 aromatic heterocycles. The van der Waals surface area contributed by atoms with Crippen molar-refractivity contribution in [2.45, 2.75) is 39.5 Å². The number of hydrogen-bond acceptors (Lipinski definition) is 1. The maximum atomic E-state index is 5.73. The SMILES string of the molecule is CCC(C)(C)c1ccc(OCC(C)CBr)cc1. The van der Waals surface area contributed by atoms with Gasteiger partial charge in [0.05, 0.1) is 6.61 Å². The van der Waals surface area contributed by atoms with E-state index in [2.05, 4.69) is 67.9 Å². The Morgan fingerprint density at radius 2 is 1.82 bits per heavy atom. The van der Waals surface area contributed by atoms with Crippen LogP contribution in [0.2, 0.25) is 0 Å². The van der Waals surface area contributed by atoms with Crippen LogP contribution in [0.4, 0.5) is 0 Å². The lowest BCUT2D eigenvalue weighted by molar-refractivity contribution is 0.274. The first-order valence-corrected chi connectivity index (χ1v) is 7.41. The Bertz CT molecular complexity index is 329. The van der Waals surface area contributed by atoms with Gasteiger partial charge in [0.1, 0.15) is 5.75 Å². The quantitative estimate of drug-likeness (QED) is 0.687. The summed E-state index contributed by atoms with van der Waals surface area (Å²) in [6.07, 6.45) is 1.15. The van der Waals surface area contributed by atoms with Gasteiger partial charge in [-0.25, -0.2) is 0 Å². The number of hydrogen-bond donors (Lipinski definition) is 0. The zero-order chi connectivity index (χ0) is 12.9. The highest BCUT2D eigenvalue weighted by molar-refractivity contribution is 9.09. The minimum Gasteiger partial charge on any atom is -0.493 e. The van der Waals surface area contributed by atoms with Crippen molar-refractivity contribution in [1.29, 1.82) is 0 Å². The average molecular weight is 299 g/mol. The molecule has 1 nitrogen and oxygen atoms in total. The Morgan fingerprint density at radius 1 is 1.24 bits per heavy atom. The van der Waals surface area contributed by atoms with Crippen molar-refractivity contribution in [3.63, 3.8) is 0 Å². The highest BCUT2D eigenvalue weighted by Crippen LogP contribution is 2.28. The fourth-order valence-electron chi connectivity index (χ4n) is 1.49. The molecule has 1 atom stereocenters. The summed E-state index contributed by atoms with van der Waals surface area (Å²) in [6.45, 7) is 9.71. The summed E-state index contributed by atoms with van der Waals surface area (Å²) < 4.78 is 5.73. The molecule has 0 aliphatic rings. The first-order chi connectivity index (χ1) is 7.99. The first-order valence-electron chi connectivity index (χ1n) is 6.29. The minimum absolute atomic E-state index is 0.252. The molecule has 1 aromatic rings. The van der Waals surface area contributed by atoms with E-state index in [0.717, 1.165) is 24.1 Å². The molecule has 17 heavy (non-hydrogen) atoms. The van der Waals surface area contributed by atoms with Gasteiger partial charge in [-0.1, -0.05) is 55.8 Å². The van der Waals surface area contributed by atoms with Gasteiger partial charge < -0.3 is 4.74 Å². The topological polar surface area (TPSA) is 9.23 Å². The molecular weight excluding hydrogens is 276 g/mol. The highest BCUT2D eigenvalue weighted by atomic mass is 79.9. The summed E-state index contributed by atoms with van der Waals surface area (Å²) in [5.41, 5.74) is 1.63. The molecule has 0 aliphatic heterocycles. The average Bonchev–Trinajstić information content (AvgIpc) is 2.36. The molecule has 96 valence electrons. The highest BCUT2D eigenvalue weighted by Gasteiger charge is 2.17. The Labute approximate surface area is 114 Å². The van der Waals surface area contributed by atoms with Gasteiger partial charge in [0, 0.05) is 5.33 Å². The fraction of sp³-hybridized carbons (Fsp3) is 0.600. The molecule has 0 fully saturated rings. The Morgan fingerprint density at radius 3 is 2.29 bits per heavy atom. The van der Waals surface area contributed by atoms with E-state index in [-0.39, 0.29) is 5.41 Å². The molecule has 0 spiro atoms. The number of rotatable bonds is 6. The number of alkyl halides is 1. The molecule has 0 aliphatic carbocycles. The molecule has 0 bridgehead atoms. The third-order valence-electron chi connectivity index (χ3n) is 3.32. The Hall–Kier alpha value is -0.500. The van der Waals surface area contributed by atoms with Crippen LogP contribution in [0.3, 0.4) is 0 Å². The van der Waals surface area contributed by atoms with Crippen LogP contribution in [-0.2, 0) is 5.41 Å². The summed E-state index contributed by atoms with van der Waals surface area (Å²) in [5, 5.41) is 0.980. The van der Waals surface area contributed by atoms with Gasteiger partial charge in [-0.15, -0.1) is 0 Å². The molecule has 2 heteroatoms. The van der Waals surface area contributed by atoms with Crippen LogP contribution < -0.4 is 4.74 Å². The van der Waals surface area contributed by atoms with Crippen LogP contribution in [0.5, 0.6) is 5.75 Å². The molecule has 1 unspecified atom stereocenters. The van der Waals surface area contributed by atoms with Gasteiger partial charge in [0.25, 0.3) is 0 Å². The van der Waals surface area contributed by atoms with Crippen LogP contribution in [0, 0.1) is 5.92 Å². The van der Waals surface area contributed by atoms with Crippen LogP contribution in [-0.4, -0.2) is 11.9 Å². The van der Waals surface area contributed by atoms with Gasteiger partial charge in [-0.3, -0.25) is 0 Å². The summed E-state index contributed by atoms with van der Waals surface area (Å²) in [6, 6.07) is 8.51. The Kier molecular flexibility index (Phi) is 5.51. The second kappa shape index (κ2) is 6.44. The predicted molar refractivity (Wildman–Crippen MR) is 78.2 cm³/mol. The fourth-order valence-corrected chi connectivity index (χ4v) is 1.68. The van der Waals surface area contributed by atoms with Crippen molar-refractivity contribution >= 4 is 15.9 Å². The van der Waals surface area contributed by atoms with E-state index in [1.807, 2.05) is 0 Å². The van der Waals surface area contributed by atoms with Gasteiger partial charge in [0.15, 0.2) is 0 Å². The van der Waals surface area contributed by atoms with E-state index in [9.17, 15) is 0 Å². The number of ether oxygens (including phenoxy) is 1. The van der Waals surface area contributed by atoms with Gasteiger partial charge >= 0.3 is 0 Å². The molecule has 0 saturated heterocycles. The number of benzene rings is 1. The molecular formula is C15H23BrO. The largest absolute Gasteiger partial charge is 0.493 e. The second-order valence-corrected chi connectivity index (χ2v) is 5.98. The van der Waals surface area contributed by atoms with E-state index in [1.54, 1.807) is 0 Å². The summed E-state index contributed by atoms with van der Waals surface area (Å²) >= 11 is 3.46. The molecule has 1 aromatic carbocycles. The van der Waals surface area contributed by atoms with E-state index in [0.29, 0.717) is 5.92 Å². The monoisotopic (exact) mass is 298 g/mol.